The second kappa shape index (κ2) is 8.43. The monoisotopic (exact) mass is 385 g/mol. The van der Waals surface area contributed by atoms with E-state index in [1.54, 1.807) is 23.9 Å². The molecule has 6 nitrogen and oxygen atoms in total. The highest BCUT2D eigenvalue weighted by molar-refractivity contribution is 8.00. The number of aryl methyl sites for hydroxylation is 1. The van der Waals surface area contributed by atoms with Gasteiger partial charge in [0, 0.05) is 48.9 Å². The molecule has 7 heteroatoms. The molecule has 1 atom stereocenters. The lowest BCUT2D eigenvalue weighted by molar-refractivity contribution is -0.384. The highest BCUT2D eigenvalue weighted by Crippen LogP contribution is 2.26. The average molecular weight is 385 g/mol. The van der Waals surface area contributed by atoms with Crippen LogP contribution >= 0.6 is 11.8 Å². The van der Waals surface area contributed by atoms with Gasteiger partial charge in [0.2, 0.25) is 5.91 Å². The number of carbonyl (C=O) groups is 1. The molecule has 2 aromatic carbocycles. The number of amides is 1. The maximum atomic E-state index is 12.7. The molecule has 0 aliphatic carbocycles. The van der Waals surface area contributed by atoms with Crippen LogP contribution in [0.4, 0.5) is 11.4 Å². The van der Waals surface area contributed by atoms with E-state index in [2.05, 4.69) is 29.2 Å². The molecule has 2 aromatic rings. The van der Waals surface area contributed by atoms with Gasteiger partial charge in [-0.25, -0.2) is 0 Å². The smallest absolute Gasteiger partial charge is 0.269 e. The number of non-ortho nitro benzene ring substituents is 1. The molecular formula is C20H23N3O3S. The maximum Gasteiger partial charge on any atom is 0.269 e. The fourth-order valence-corrected chi connectivity index (χ4v) is 4.05. The predicted molar refractivity (Wildman–Crippen MR) is 108 cm³/mol. The molecule has 0 aromatic heterocycles. The Hall–Kier alpha value is -2.54. The average Bonchev–Trinajstić information content (AvgIpc) is 2.69. The Labute approximate surface area is 163 Å². The van der Waals surface area contributed by atoms with E-state index >= 15 is 0 Å². The lowest BCUT2D eigenvalue weighted by Gasteiger charge is -2.37. The van der Waals surface area contributed by atoms with Crippen molar-refractivity contribution < 1.29 is 9.72 Å². The zero-order valence-electron chi connectivity index (χ0n) is 15.5. The van der Waals surface area contributed by atoms with Gasteiger partial charge in [0.15, 0.2) is 0 Å². The second-order valence-electron chi connectivity index (χ2n) is 6.66. The molecular weight excluding hydrogens is 362 g/mol. The van der Waals surface area contributed by atoms with Gasteiger partial charge in [0.1, 0.15) is 0 Å². The van der Waals surface area contributed by atoms with Crippen LogP contribution in [0.5, 0.6) is 0 Å². The number of hydrogen-bond acceptors (Lipinski definition) is 5. The Balaban J connectivity index is 1.54. The van der Waals surface area contributed by atoms with Crippen LogP contribution in [0.15, 0.2) is 53.4 Å². The second-order valence-corrected chi connectivity index (χ2v) is 8.07. The van der Waals surface area contributed by atoms with Crippen LogP contribution in [0.25, 0.3) is 0 Å². The largest absolute Gasteiger partial charge is 0.368 e. The van der Waals surface area contributed by atoms with Crippen LogP contribution in [0.1, 0.15) is 12.5 Å². The van der Waals surface area contributed by atoms with Gasteiger partial charge in [-0.05, 0) is 38.1 Å². The summed E-state index contributed by atoms with van der Waals surface area (Å²) in [7, 11) is 0. The molecule has 1 fully saturated rings. The lowest BCUT2D eigenvalue weighted by atomic mass is 10.2. The number of thioether (sulfide) groups is 1. The third-order valence-corrected chi connectivity index (χ3v) is 5.80. The third kappa shape index (κ3) is 4.80. The number of nitro benzene ring substituents is 1. The fraction of sp³-hybridized carbons (Fsp3) is 0.350. The summed E-state index contributed by atoms with van der Waals surface area (Å²) >= 11 is 1.59. The first-order valence-electron chi connectivity index (χ1n) is 8.95. The first kappa shape index (κ1) is 19.2. The van der Waals surface area contributed by atoms with E-state index in [1.165, 1.54) is 17.7 Å². The fourth-order valence-electron chi connectivity index (χ4n) is 3.10. The Morgan fingerprint density at radius 3 is 2.19 bits per heavy atom. The standard InChI is InChI=1S/C20H23N3O3S/c1-15-3-9-19(10-4-15)27-16(2)20(24)22-13-11-21(12-14-22)17-5-7-18(8-6-17)23(25)26/h3-10,16H,11-14H2,1-2H3/t16-/m0/s1. The highest BCUT2D eigenvalue weighted by atomic mass is 32.2. The molecule has 0 unspecified atom stereocenters. The number of carbonyl (C=O) groups excluding carboxylic acids is 1. The van der Waals surface area contributed by atoms with Gasteiger partial charge in [-0.2, -0.15) is 0 Å². The van der Waals surface area contributed by atoms with Gasteiger partial charge < -0.3 is 9.80 Å². The van der Waals surface area contributed by atoms with E-state index in [-0.39, 0.29) is 16.8 Å². The quantitative estimate of drug-likeness (QED) is 0.446. The number of nitro groups is 1. The van der Waals surface area contributed by atoms with Crippen molar-refractivity contribution in [3.05, 3.63) is 64.2 Å². The van der Waals surface area contributed by atoms with Crippen LogP contribution in [0, 0.1) is 17.0 Å². The van der Waals surface area contributed by atoms with Crippen molar-refractivity contribution in [1.29, 1.82) is 0 Å². The van der Waals surface area contributed by atoms with Crippen LogP contribution in [-0.2, 0) is 4.79 Å². The Kier molecular flexibility index (Phi) is 6.01. The zero-order chi connectivity index (χ0) is 19.4. The number of nitrogens with zero attached hydrogens (tertiary/aromatic N) is 3. The SMILES string of the molecule is Cc1ccc(S[C@@H](C)C(=O)N2CCN(c3ccc([N+](=O)[O-])cc3)CC2)cc1. The van der Waals surface area contributed by atoms with Crippen LogP contribution in [-0.4, -0.2) is 47.2 Å². The van der Waals surface area contributed by atoms with Crippen molar-refractivity contribution >= 4 is 29.0 Å². The van der Waals surface area contributed by atoms with Crippen molar-refractivity contribution in [3.63, 3.8) is 0 Å². The molecule has 0 spiro atoms. The molecule has 1 saturated heterocycles. The molecule has 0 saturated carbocycles. The molecule has 3 rings (SSSR count). The molecule has 0 N–H and O–H groups in total. The minimum absolute atomic E-state index is 0.0921. The van der Waals surface area contributed by atoms with Gasteiger partial charge in [-0.15, -0.1) is 11.8 Å². The number of piperazine rings is 1. The number of hydrogen-bond donors (Lipinski definition) is 0. The number of anilines is 1. The van der Waals surface area contributed by atoms with Crippen LogP contribution in [0.3, 0.4) is 0 Å². The van der Waals surface area contributed by atoms with Crippen LogP contribution in [0.2, 0.25) is 0 Å². The minimum Gasteiger partial charge on any atom is -0.368 e. The lowest BCUT2D eigenvalue weighted by Crippen LogP contribution is -2.50. The van der Waals surface area contributed by atoms with Crippen molar-refractivity contribution in [2.24, 2.45) is 0 Å². The summed E-state index contributed by atoms with van der Waals surface area (Å²) in [6, 6.07) is 14.8. The van der Waals surface area contributed by atoms with Crippen molar-refractivity contribution in [3.8, 4) is 0 Å². The summed E-state index contributed by atoms with van der Waals surface area (Å²) in [6.07, 6.45) is 0. The summed E-state index contributed by atoms with van der Waals surface area (Å²) in [6.45, 7) is 6.78. The van der Waals surface area contributed by atoms with Crippen molar-refractivity contribution in [2.45, 2.75) is 24.0 Å². The van der Waals surface area contributed by atoms with E-state index < -0.39 is 4.92 Å². The van der Waals surface area contributed by atoms with Gasteiger partial charge >= 0.3 is 0 Å². The van der Waals surface area contributed by atoms with Gasteiger partial charge in [0.25, 0.3) is 5.69 Å². The Morgan fingerprint density at radius 2 is 1.63 bits per heavy atom. The summed E-state index contributed by atoms with van der Waals surface area (Å²) in [4.78, 5) is 28.3. The molecule has 27 heavy (non-hydrogen) atoms. The van der Waals surface area contributed by atoms with E-state index in [4.69, 9.17) is 0 Å². The molecule has 1 amide bonds. The van der Waals surface area contributed by atoms with E-state index in [1.807, 2.05) is 18.7 Å². The minimum atomic E-state index is -0.395. The first-order chi connectivity index (χ1) is 12.9. The Bertz CT molecular complexity index is 800. The summed E-state index contributed by atoms with van der Waals surface area (Å²) < 4.78 is 0. The molecule has 142 valence electrons. The molecule has 0 bridgehead atoms. The third-order valence-electron chi connectivity index (χ3n) is 4.70. The van der Waals surface area contributed by atoms with Crippen LogP contribution < -0.4 is 4.90 Å². The highest BCUT2D eigenvalue weighted by Gasteiger charge is 2.25. The van der Waals surface area contributed by atoms with E-state index in [9.17, 15) is 14.9 Å². The summed E-state index contributed by atoms with van der Waals surface area (Å²) in [5.74, 6) is 0.156. The van der Waals surface area contributed by atoms with E-state index in [0.29, 0.717) is 13.1 Å². The van der Waals surface area contributed by atoms with Gasteiger partial charge in [0.05, 0.1) is 10.2 Å². The van der Waals surface area contributed by atoms with Gasteiger partial charge in [-0.3, -0.25) is 14.9 Å². The molecule has 0 radical (unpaired) electrons. The normalized spacial score (nSPS) is 15.5. The number of rotatable bonds is 5. The summed E-state index contributed by atoms with van der Waals surface area (Å²) in [5, 5.41) is 10.6. The summed E-state index contributed by atoms with van der Waals surface area (Å²) in [5.41, 5.74) is 2.25. The number of benzene rings is 2. The van der Waals surface area contributed by atoms with Crippen molar-refractivity contribution in [1.82, 2.24) is 4.90 Å². The molecule has 1 aliphatic rings. The predicted octanol–water partition coefficient (Wildman–Crippen LogP) is 3.73. The Morgan fingerprint density at radius 1 is 1.04 bits per heavy atom. The topological polar surface area (TPSA) is 66.7 Å². The first-order valence-corrected chi connectivity index (χ1v) is 9.83. The maximum absolute atomic E-state index is 12.7. The molecule has 1 aliphatic heterocycles. The van der Waals surface area contributed by atoms with E-state index in [0.717, 1.165) is 23.7 Å². The molecule has 1 heterocycles. The van der Waals surface area contributed by atoms with Crippen molar-refractivity contribution in [2.75, 3.05) is 31.1 Å². The zero-order valence-corrected chi connectivity index (χ0v) is 16.3. The van der Waals surface area contributed by atoms with Gasteiger partial charge in [-0.1, -0.05) is 17.7 Å².